The Morgan fingerprint density at radius 2 is 2.09 bits per heavy atom. The van der Waals surface area contributed by atoms with Gasteiger partial charge >= 0.3 is 6.09 Å². The van der Waals surface area contributed by atoms with Crippen LogP contribution >= 0.6 is 0 Å². The van der Waals surface area contributed by atoms with Crippen LogP contribution in [0.5, 0.6) is 0 Å². The molecule has 8 heteroatoms. The van der Waals surface area contributed by atoms with E-state index in [9.17, 15) is 18.7 Å². The SMILES string of the molecule is CC(C)(O)C(NC(=O)O)c1ncc(-c2cc(F)ccc2F)[nH]1. The lowest BCUT2D eigenvalue weighted by Crippen LogP contribution is -2.42. The van der Waals surface area contributed by atoms with Crippen LogP contribution in [-0.4, -0.2) is 31.9 Å². The first-order valence-electron chi connectivity index (χ1n) is 6.40. The fourth-order valence-electron chi connectivity index (χ4n) is 2.03. The van der Waals surface area contributed by atoms with E-state index in [0.29, 0.717) is 0 Å². The maximum Gasteiger partial charge on any atom is 0.405 e. The maximum absolute atomic E-state index is 13.7. The molecule has 22 heavy (non-hydrogen) atoms. The van der Waals surface area contributed by atoms with Crippen LogP contribution in [0.15, 0.2) is 24.4 Å². The minimum absolute atomic E-state index is 0.0384. The standard InChI is InChI=1S/C14H15F2N3O3/c1-14(2,22)11(19-13(20)21)12-17-6-10(18-12)8-5-7(15)3-4-9(8)16/h3-6,11,19,22H,1-2H3,(H,17,18)(H,20,21). The molecule has 0 aliphatic heterocycles. The predicted molar refractivity (Wildman–Crippen MR) is 74.1 cm³/mol. The number of hydrogen-bond acceptors (Lipinski definition) is 3. The normalized spacial score (nSPS) is 13.0. The maximum atomic E-state index is 13.7. The molecule has 0 saturated carbocycles. The average molecular weight is 311 g/mol. The minimum atomic E-state index is -1.45. The van der Waals surface area contributed by atoms with Crippen LogP contribution < -0.4 is 5.32 Å². The van der Waals surface area contributed by atoms with Crippen LogP contribution in [0.1, 0.15) is 25.7 Å². The molecule has 4 N–H and O–H groups in total. The van der Waals surface area contributed by atoms with Crippen molar-refractivity contribution in [1.82, 2.24) is 15.3 Å². The molecule has 0 bridgehead atoms. The number of H-pyrrole nitrogens is 1. The zero-order valence-corrected chi connectivity index (χ0v) is 11.9. The third kappa shape index (κ3) is 3.40. The smallest absolute Gasteiger partial charge is 0.405 e. The van der Waals surface area contributed by atoms with Gasteiger partial charge in [0.2, 0.25) is 0 Å². The number of imidazole rings is 1. The summed E-state index contributed by atoms with van der Waals surface area (Å²) in [6.45, 7) is 2.80. The molecule has 0 fully saturated rings. The summed E-state index contributed by atoms with van der Waals surface area (Å²) in [4.78, 5) is 17.5. The van der Waals surface area contributed by atoms with E-state index in [-0.39, 0.29) is 17.1 Å². The van der Waals surface area contributed by atoms with Crippen molar-refractivity contribution in [2.75, 3.05) is 0 Å². The van der Waals surface area contributed by atoms with E-state index in [0.717, 1.165) is 18.2 Å². The van der Waals surface area contributed by atoms with Crippen molar-refractivity contribution >= 4 is 6.09 Å². The van der Waals surface area contributed by atoms with Crippen molar-refractivity contribution in [3.05, 3.63) is 41.9 Å². The molecule has 2 rings (SSSR count). The molecule has 0 aliphatic rings. The summed E-state index contributed by atoms with van der Waals surface area (Å²) in [5.74, 6) is -1.17. The van der Waals surface area contributed by atoms with Crippen molar-refractivity contribution in [3.63, 3.8) is 0 Å². The van der Waals surface area contributed by atoms with Crippen LogP contribution in [0, 0.1) is 11.6 Å². The highest BCUT2D eigenvalue weighted by Crippen LogP contribution is 2.27. The van der Waals surface area contributed by atoms with Crippen molar-refractivity contribution in [1.29, 1.82) is 0 Å². The highest BCUT2D eigenvalue weighted by molar-refractivity contribution is 5.65. The summed E-state index contributed by atoms with van der Waals surface area (Å²) >= 11 is 0. The Bertz CT molecular complexity index is 695. The third-order valence-electron chi connectivity index (χ3n) is 3.06. The van der Waals surface area contributed by atoms with Gasteiger partial charge in [0.1, 0.15) is 23.5 Å². The van der Waals surface area contributed by atoms with E-state index < -0.39 is 29.4 Å². The lowest BCUT2D eigenvalue weighted by molar-refractivity contribution is 0.0344. The highest BCUT2D eigenvalue weighted by atomic mass is 19.1. The Kier molecular flexibility index (Phi) is 4.14. The van der Waals surface area contributed by atoms with Crippen molar-refractivity contribution in [2.24, 2.45) is 0 Å². The van der Waals surface area contributed by atoms with Gasteiger partial charge < -0.3 is 20.5 Å². The number of nitrogens with one attached hydrogen (secondary N) is 2. The molecule has 1 atom stereocenters. The van der Waals surface area contributed by atoms with Crippen LogP contribution in [0.4, 0.5) is 13.6 Å². The number of carboxylic acid groups (broad SMARTS) is 1. The summed E-state index contributed by atoms with van der Waals surface area (Å²) in [5.41, 5.74) is -1.31. The van der Waals surface area contributed by atoms with E-state index in [2.05, 4.69) is 15.3 Å². The molecule has 1 aromatic heterocycles. The number of hydrogen-bond donors (Lipinski definition) is 4. The molecular formula is C14H15F2N3O3. The van der Waals surface area contributed by atoms with Gasteiger partial charge in [-0.25, -0.2) is 18.6 Å². The minimum Gasteiger partial charge on any atom is -0.465 e. The fourth-order valence-corrected chi connectivity index (χ4v) is 2.03. The van der Waals surface area contributed by atoms with Gasteiger partial charge in [-0.3, -0.25) is 0 Å². The summed E-state index contributed by atoms with van der Waals surface area (Å²) in [6, 6.07) is 1.90. The average Bonchev–Trinajstić information content (AvgIpc) is 2.86. The second-order valence-electron chi connectivity index (χ2n) is 5.34. The van der Waals surface area contributed by atoms with Gasteiger partial charge in [0.05, 0.1) is 17.5 Å². The number of aliphatic hydroxyl groups is 1. The molecule has 6 nitrogen and oxygen atoms in total. The summed E-state index contributed by atoms with van der Waals surface area (Å²) in [6.07, 6.45) is -0.0999. The Labute approximate surface area is 124 Å². The number of aromatic amines is 1. The number of rotatable bonds is 4. The second-order valence-corrected chi connectivity index (χ2v) is 5.34. The molecule has 0 radical (unpaired) electrons. The lowest BCUT2D eigenvalue weighted by Gasteiger charge is -2.27. The molecule has 1 aromatic carbocycles. The fraction of sp³-hybridized carbons (Fsp3) is 0.286. The quantitative estimate of drug-likeness (QED) is 0.697. The Morgan fingerprint density at radius 3 is 2.68 bits per heavy atom. The second kappa shape index (κ2) is 5.72. The molecule has 0 saturated heterocycles. The van der Waals surface area contributed by atoms with Gasteiger partial charge in [0.25, 0.3) is 0 Å². The molecule has 118 valence electrons. The van der Waals surface area contributed by atoms with Crippen LogP contribution in [-0.2, 0) is 0 Å². The topological polar surface area (TPSA) is 98.2 Å². The predicted octanol–water partition coefficient (Wildman–Crippen LogP) is 2.43. The first-order chi connectivity index (χ1) is 10.2. The molecular weight excluding hydrogens is 296 g/mol. The Morgan fingerprint density at radius 1 is 1.41 bits per heavy atom. The first-order valence-corrected chi connectivity index (χ1v) is 6.40. The number of aromatic nitrogens is 2. The summed E-state index contributed by atoms with van der Waals surface area (Å²) < 4.78 is 27.0. The summed E-state index contributed by atoms with van der Waals surface area (Å²) in [5, 5.41) is 21.0. The van der Waals surface area contributed by atoms with Gasteiger partial charge in [-0.15, -0.1) is 0 Å². The molecule has 1 unspecified atom stereocenters. The van der Waals surface area contributed by atoms with Crippen LogP contribution in [0.2, 0.25) is 0 Å². The molecule has 0 spiro atoms. The highest BCUT2D eigenvalue weighted by Gasteiger charge is 2.32. The third-order valence-corrected chi connectivity index (χ3v) is 3.06. The number of carbonyl (C=O) groups is 1. The summed E-state index contributed by atoms with van der Waals surface area (Å²) in [7, 11) is 0. The molecule has 2 aromatic rings. The van der Waals surface area contributed by atoms with Crippen molar-refractivity contribution in [2.45, 2.75) is 25.5 Å². The largest absolute Gasteiger partial charge is 0.465 e. The number of amides is 1. The van der Waals surface area contributed by atoms with E-state index in [1.807, 2.05) is 0 Å². The molecule has 0 aliphatic carbocycles. The van der Waals surface area contributed by atoms with Gasteiger partial charge in [-0.1, -0.05) is 0 Å². The Hall–Kier alpha value is -2.48. The van der Waals surface area contributed by atoms with Gasteiger partial charge in [0.15, 0.2) is 0 Å². The van der Waals surface area contributed by atoms with E-state index in [1.165, 1.54) is 20.0 Å². The number of halogens is 2. The number of nitrogens with zero attached hydrogens (tertiary/aromatic N) is 1. The van der Waals surface area contributed by atoms with E-state index in [4.69, 9.17) is 5.11 Å². The zero-order valence-electron chi connectivity index (χ0n) is 11.9. The first kappa shape index (κ1) is 15.9. The lowest BCUT2D eigenvalue weighted by atomic mass is 9.98. The van der Waals surface area contributed by atoms with Crippen molar-refractivity contribution in [3.8, 4) is 11.3 Å². The molecule has 1 heterocycles. The van der Waals surface area contributed by atoms with Gasteiger partial charge in [-0.05, 0) is 32.0 Å². The zero-order chi connectivity index (χ0) is 16.5. The van der Waals surface area contributed by atoms with Crippen LogP contribution in [0.25, 0.3) is 11.3 Å². The van der Waals surface area contributed by atoms with Crippen LogP contribution in [0.3, 0.4) is 0 Å². The van der Waals surface area contributed by atoms with E-state index in [1.54, 1.807) is 0 Å². The molecule has 1 amide bonds. The van der Waals surface area contributed by atoms with Gasteiger partial charge in [0, 0.05) is 5.56 Å². The Balaban J connectivity index is 2.41. The monoisotopic (exact) mass is 311 g/mol. The number of benzene rings is 1. The van der Waals surface area contributed by atoms with E-state index >= 15 is 0 Å². The van der Waals surface area contributed by atoms with Crippen molar-refractivity contribution < 1.29 is 23.8 Å². The van der Waals surface area contributed by atoms with Gasteiger partial charge in [-0.2, -0.15) is 0 Å².